The number of hydrogen-bond donors (Lipinski definition) is 1. The minimum Gasteiger partial charge on any atom is -0.466 e. The van der Waals surface area contributed by atoms with Crippen LogP contribution in [0.5, 0.6) is 0 Å². The predicted molar refractivity (Wildman–Crippen MR) is 81.7 cm³/mol. The van der Waals surface area contributed by atoms with Gasteiger partial charge < -0.3 is 9.84 Å². The van der Waals surface area contributed by atoms with Gasteiger partial charge in [-0.2, -0.15) is 0 Å². The van der Waals surface area contributed by atoms with Gasteiger partial charge >= 0.3 is 5.97 Å². The first-order chi connectivity index (χ1) is 9.82. The maximum Gasteiger partial charge on any atom is 0.308 e. The van der Waals surface area contributed by atoms with Gasteiger partial charge in [0.15, 0.2) is 9.84 Å². The van der Waals surface area contributed by atoms with Crippen molar-refractivity contribution >= 4 is 15.8 Å². The zero-order chi connectivity index (χ0) is 15.9. The van der Waals surface area contributed by atoms with Crippen molar-refractivity contribution in [1.29, 1.82) is 0 Å². The summed E-state index contributed by atoms with van der Waals surface area (Å²) < 4.78 is 29.1. The van der Waals surface area contributed by atoms with Crippen molar-refractivity contribution in [3.63, 3.8) is 0 Å². The van der Waals surface area contributed by atoms with E-state index in [2.05, 4.69) is 0 Å². The van der Waals surface area contributed by atoms with Crippen LogP contribution in [-0.2, 0) is 19.4 Å². The highest BCUT2D eigenvalue weighted by Crippen LogP contribution is 2.34. The largest absolute Gasteiger partial charge is 0.466 e. The molecular weight excluding hydrogens is 292 g/mol. The van der Waals surface area contributed by atoms with Crippen molar-refractivity contribution in [2.75, 3.05) is 18.1 Å². The molecule has 124 valence electrons. The Balaban J connectivity index is 2.48. The molecule has 1 aliphatic rings. The molecule has 1 fully saturated rings. The van der Waals surface area contributed by atoms with E-state index >= 15 is 0 Å². The lowest BCUT2D eigenvalue weighted by molar-refractivity contribution is -0.150. The van der Waals surface area contributed by atoms with Crippen molar-refractivity contribution in [1.82, 2.24) is 0 Å². The van der Waals surface area contributed by atoms with Crippen LogP contribution in [0, 0.1) is 5.92 Å². The van der Waals surface area contributed by atoms with Gasteiger partial charge in [-0.05, 0) is 39.0 Å². The lowest BCUT2D eigenvalue weighted by Gasteiger charge is -2.34. The van der Waals surface area contributed by atoms with E-state index in [1.165, 1.54) is 0 Å². The van der Waals surface area contributed by atoms with Crippen LogP contribution < -0.4 is 0 Å². The molecule has 0 aromatic rings. The number of unbranched alkanes of at least 4 members (excludes halogenated alkanes) is 2. The monoisotopic (exact) mass is 320 g/mol. The second-order valence-corrected chi connectivity index (χ2v) is 8.23. The molecule has 5 nitrogen and oxygen atoms in total. The van der Waals surface area contributed by atoms with Crippen molar-refractivity contribution in [3.8, 4) is 0 Å². The number of carbonyl (C=O) groups is 1. The lowest BCUT2D eigenvalue weighted by atomic mass is 9.80. The molecule has 0 unspecified atom stereocenters. The number of hydrogen-bond acceptors (Lipinski definition) is 5. The first kappa shape index (κ1) is 18.4. The molecule has 6 heteroatoms. The van der Waals surface area contributed by atoms with Crippen molar-refractivity contribution < 1.29 is 23.1 Å². The summed E-state index contributed by atoms with van der Waals surface area (Å²) >= 11 is 0. The average molecular weight is 320 g/mol. The second-order valence-electron chi connectivity index (χ2n) is 6.05. The number of esters is 1. The fraction of sp³-hybridized carbons (Fsp3) is 0.933. The van der Waals surface area contributed by atoms with E-state index in [0.29, 0.717) is 38.7 Å². The molecule has 0 bridgehead atoms. The number of sulfone groups is 1. The van der Waals surface area contributed by atoms with Crippen LogP contribution in [0.2, 0.25) is 0 Å². The maximum absolute atomic E-state index is 12.0. The third-order valence-electron chi connectivity index (χ3n) is 4.08. The summed E-state index contributed by atoms with van der Waals surface area (Å²) in [6, 6.07) is 0. The fourth-order valence-electron chi connectivity index (χ4n) is 2.85. The van der Waals surface area contributed by atoms with Gasteiger partial charge in [0.2, 0.25) is 0 Å². The number of ether oxygens (including phenoxy) is 1. The Kier molecular flexibility index (Phi) is 7.13. The van der Waals surface area contributed by atoms with Gasteiger partial charge in [-0.1, -0.05) is 19.8 Å². The topological polar surface area (TPSA) is 80.7 Å². The highest BCUT2D eigenvalue weighted by atomic mass is 32.2. The van der Waals surface area contributed by atoms with E-state index in [9.17, 15) is 18.3 Å². The zero-order valence-corrected chi connectivity index (χ0v) is 14.0. The summed E-state index contributed by atoms with van der Waals surface area (Å²) in [6.45, 7) is 4.14. The van der Waals surface area contributed by atoms with Crippen LogP contribution in [0.25, 0.3) is 0 Å². The Hall–Kier alpha value is -0.620. The van der Waals surface area contributed by atoms with E-state index in [0.717, 1.165) is 12.8 Å². The molecule has 21 heavy (non-hydrogen) atoms. The fourth-order valence-corrected chi connectivity index (χ4v) is 4.74. The normalized spacial score (nSPS) is 26.5. The SMILES string of the molecule is CCCCCS(=O)(=O)CC1(O)CCC(C(=O)OCC)CC1. The summed E-state index contributed by atoms with van der Waals surface area (Å²) in [5.41, 5.74) is -1.17. The smallest absolute Gasteiger partial charge is 0.308 e. The average Bonchev–Trinajstić information content (AvgIpc) is 2.38. The molecule has 0 atom stereocenters. The van der Waals surface area contributed by atoms with E-state index in [4.69, 9.17) is 4.74 Å². The highest BCUT2D eigenvalue weighted by Gasteiger charge is 2.39. The Bertz CT molecular complexity index is 421. The number of carbonyl (C=O) groups excluding carboxylic acids is 1. The summed E-state index contributed by atoms with van der Waals surface area (Å²) in [5.74, 6) is -0.470. The minimum atomic E-state index is -3.23. The van der Waals surface area contributed by atoms with Gasteiger partial charge in [-0.15, -0.1) is 0 Å². The van der Waals surface area contributed by atoms with Gasteiger partial charge in [-0.3, -0.25) is 4.79 Å². The van der Waals surface area contributed by atoms with E-state index < -0.39 is 15.4 Å². The Morgan fingerprint density at radius 3 is 2.38 bits per heavy atom. The number of rotatable bonds is 8. The maximum atomic E-state index is 12.0. The zero-order valence-electron chi connectivity index (χ0n) is 13.1. The van der Waals surface area contributed by atoms with Crippen LogP contribution in [0.1, 0.15) is 58.8 Å². The quantitative estimate of drug-likeness (QED) is 0.547. The molecule has 0 saturated heterocycles. The van der Waals surface area contributed by atoms with Gasteiger partial charge in [0, 0.05) is 0 Å². The highest BCUT2D eigenvalue weighted by molar-refractivity contribution is 7.91. The summed E-state index contributed by atoms with van der Waals surface area (Å²) in [7, 11) is -3.23. The molecule has 1 saturated carbocycles. The van der Waals surface area contributed by atoms with Gasteiger partial charge in [0.25, 0.3) is 0 Å². The molecule has 0 aromatic carbocycles. The molecule has 0 radical (unpaired) electrons. The summed E-state index contributed by atoms with van der Waals surface area (Å²) in [6.07, 6.45) is 4.22. The Labute approximate surface area is 128 Å². The van der Waals surface area contributed by atoms with Crippen LogP contribution >= 0.6 is 0 Å². The molecule has 0 aliphatic heterocycles. The first-order valence-corrected chi connectivity index (χ1v) is 9.73. The van der Waals surface area contributed by atoms with Gasteiger partial charge in [-0.25, -0.2) is 8.42 Å². The van der Waals surface area contributed by atoms with Crippen molar-refractivity contribution in [2.45, 2.75) is 64.4 Å². The molecule has 0 spiro atoms. The molecule has 0 aromatic heterocycles. The van der Waals surface area contributed by atoms with E-state index in [-0.39, 0.29) is 23.4 Å². The third-order valence-corrected chi connectivity index (χ3v) is 5.97. The predicted octanol–water partition coefficient (Wildman–Crippen LogP) is 2.08. The Morgan fingerprint density at radius 1 is 1.24 bits per heavy atom. The van der Waals surface area contributed by atoms with Crippen molar-refractivity contribution in [3.05, 3.63) is 0 Å². The van der Waals surface area contributed by atoms with E-state index in [1.807, 2.05) is 6.92 Å². The minimum absolute atomic E-state index is 0.143. The summed E-state index contributed by atoms with van der Waals surface area (Å²) in [4.78, 5) is 11.6. The van der Waals surface area contributed by atoms with Crippen LogP contribution in [0.15, 0.2) is 0 Å². The number of aliphatic hydroxyl groups is 1. The molecular formula is C15H28O5S. The van der Waals surface area contributed by atoms with Crippen LogP contribution in [0.3, 0.4) is 0 Å². The van der Waals surface area contributed by atoms with Crippen molar-refractivity contribution in [2.24, 2.45) is 5.92 Å². The van der Waals surface area contributed by atoms with Crippen LogP contribution in [-0.4, -0.2) is 43.2 Å². The summed E-state index contributed by atoms with van der Waals surface area (Å²) in [5, 5.41) is 10.5. The third kappa shape index (κ3) is 6.34. The molecule has 1 rings (SSSR count). The second kappa shape index (κ2) is 8.13. The van der Waals surface area contributed by atoms with Gasteiger partial charge in [0.1, 0.15) is 0 Å². The lowest BCUT2D eigenvalue weighted by Crippen LogP contribution is -2.42. The first-order valence-electron chi connectivity index (χ1n) is 7.91. The molecule has 0 amide bonds. The molecule has 1 N–H and O–H groups in total. The molecule has 1 aliphatic carbocycles. The van der Waals surface area contributed by atoms with Crippen LogP contribution in [0.4, 0.5) is 0 Å². The molecule has 0 heterocycles. The van der Waals surface area contributed by atoms with Gasteiger partial charge in [0.05, 0.1) is 29.6 Å². The Morgan fingerprint density at radius 2 is 1.86 bits per heavy atom. The van der Waals surface area contributed by atoms with E-state index in [1.54, 1.807) is 6.92 Å². The standard InChI is InChI=1S/C15H28O5S/c1-3-5-6-11-21(18,19)12-15(17)9-7-13(8-10-15)14(16)20-4-2/h13,17H,3-12H2,1-2H3.